The molecular formula is C23H20ClF3N2O3. The molecule has 0 atom stereocenters. The minimum Gasteiger partial charge on any atom is -0.493 e. The van der Waals surface area contributed by atoms with Crippen LogP contribution in [0.25, 0.3) is 22.6 Å². The summed E-state index contributed by atoms with van der Waals surface area (Å²) in [5.41, 5.74) is 0.225. The first kappa shape index (κ1) is 22.2. The van der Waals surface area contributed by atoms with Gasteiger partial charge in [-0.1, -0.05) is 11.6 Å². The topological polar surface area (TPSA) is 53.4 Å². The van der Waals surface area contributed by atoms with Crippen molar-refractivity contribution >= 4 is 34.2 Å². The van der Waals surface area contributed by atoms with E-state index in [4.69, 9.17) is 21.1 Å². The Morgan fingerprint density at radius 2 is 1.97 bits per heavy atom. The lowest BCUT2D eigenvalue weighted by Gasteiger charge is -2.16. The van der Waals surface area contributed by atoms with Crippen molar-refractivity contribution in [1.82, 2.24) is 9.55 Å². The number of ether oxygens (including phenoxy) is 2. The van der Waals surface area contributed by atoms with Crippen LogP contribution in [-0.4, -0.2) is 22.8 Å². The summed E-state index contributed by atoms with van der Waals surface area (Å²) in [5.74, 6) is 1.23. The van der Waals surface area contributed by atoms with E-state index in [1.165, 1.54) is 17.7 Å². The monoisotopic (exact) mass is 464 g/mol. The maximum atomic E-state index is 13.1. The van der Waals surface area contributed by atoms with E-state index in [-0.39, 0.29) is 22.6 Å². The lowest BCUT2D eigenvalue weighted by atomic mass is 10.1. The molecule has 2 heterocycles. The summed E-state index contributed by atoms with van der Waals surface area (Å²) in [7, 11) is 1.51. The van der Waals surface area contributed by atoms with E-state index in [1.807, 2.05) is 13.8 Å². The molecular weight excluding hydrogens is 445 g/mol. The molecule has 1 aromatic heterocycles. The summed E-state index contributed by atoms with van der Waals surface area (Å²) < 4.78 is 52.0. The Kier molecular flexibility index (Phi) is 5.67. The van der Waals surface area contributed by atoms with Gasteiger partial charge in [0.25, 0.3) is 5.56 Å². The first-order chi connectivity index (χ1) is 15.1. The smallest absolute Gasteiger partial charge is 0.416 e. The number of methoxy groups -OCH3 is 1. The van der Waals surface area contributed by atoms with Crippen molar-refractivity contribution in [3.8, 4) is 11.5 Å². The van der Waals surface area contributed by atoms with Crippen LogP contribution in [0.4, 0.5) is 13.2 Å². The highest BCUT2D eigenvalue weighted by atomic mass is 35.5. The third-order valence-electron chi connectivity index (χ3n) is 5.12. The molecule has 0 aliphatic carbocycles. The summed E-state index contributed by atoms with van der Waals surface area (Å²) in [5, 5.41) is 0.518. The molecule has 4 rings (SSSR count). The number of fused-ring (bicyclic) bond motifs is 2. The van der Waals surface area contributed by atoms with Crippen LogP contribution in [0.3, 0.4) is 0 Å². The number of hydrogen-bond donors (Lipinski definition) is 0. The van der Waals surface area contributed by atoms with Gasteiger partial charge in [0, 0.05) is 6.54 Å². The number of rotatable bonds is 4. The van der Waals surface area contributed by atoms with Crippen molar-refractivity contribution in [2.75, 3.05) is 7.11 Å². The number of allylic oxidation sites excluding steroid dienone is 1. The molecule has 1 aliphatic heterocycles. The summed E-state index contributed by atoms with van der Waals surface area (Å²) in [6, 6.07) is 6.45. The van der Waals surface area contributed by atoms with E-state index in [2.05, 4.69) is 4.98 Å². The second kappa shape index (κ2) is 8.16. The lowest BCUT2D eigenvalue weighted by molar-refractivity contribution is -0.137. The number of halogens is 4. The Hall–Kier alpha value is -3.00. The SMILES string of the molecule is COc1cc(/C=C2\CCn3c2nc2cc(C(F)(F)F)ccc2c3=O)cc(Cl)c1OC(C)C. The maximum Gasteiger partial charge on any atom is 0.416 e. The van der Waals surface area contributed by atoms with Crippen LogP contribution in [0.5, 0.6) is 11.5 Å². The zero-order valence-corrected chi connectivity index (χ0v) is 18.3. The van der Waals surface area contributed by atoms with E-state index in [0.29, 0.717) is 40.9 Å². The van der Waals surface area contributed by atoms with E-state index in [0.717, 1.165) is 17.7 Å². The molecule has 9 heteroatoms. The second-order valence-electron chi connectivity index (χ2n) is 7.74. The minimum atomic E-state index is -4.52. The van der Waals surface area contributed by atoms with Gasteiger partial charge < -0.3 is 9.47 Å². The van der Waals surface area contributed by atoms with Crippen molar-refractivity contribution in [3.05, 3.63) is 62.7 Å². The van der Waals surface area contributed by atoms with Gasteiger partial charge in [-0.2, -0.15) is 13.2 Å². The van der Waals surface area contributed by atoms with Crippen molar-refractivity contribution in [1.29, 1.82) is 0 Å². The fourth-order valence-corrected chi connectivity index (χ4v) is 3.97. The average Bonchev–Trinajstić information content (AvgIpc) is 3.11. The van der Waals surface area contributed by atoms with Crippen molar-refractivity contribution in [2.24, 2.45) is 0 Å². The van der Waals surface area contributed by atoms with Crippen LogP contribution >= 0.6 is 11.6 Å². The first-order valence-corrected chi connectivity index (χ1v) is 10.3. The van der Waals surface area contributed by atoms with Gasteiger partial charge >= 0.3 is 6.18 Å². The van der Waals surface area contributed by atoms with Gasteiger partial charge in [0.15, 0.2) is 11.5 Å². The zero-order chi connectivity index (χ0) is 23.2. The largest absolute Gasteiger partial charge is 0.493 e. The molecule has 0 amide bonds. The number of nitrogens with zero attached hydrogens (tertiary/aromatic N) is 2. The highest BCUT2D eigenvalue weighted by Crippen LogP contribution is 2.39. The fourth-order valence-electron chi connectivity index (χ4n) is 3.71. The molecule has 0 bridgehead atoms. The molecule has 0 N–H and O–H groups in total. The van der Waals surface area contributed by atoms with Crippen LogP contribution in [0, 0.1) is 0 Å². The maximum absolute atomic E-state index is 13.1. The molecule has 32 heavy (non-hydrogen) atoms. The zero-order valence-electron chi connectivity index (χ0n) is 17.6. The van der Waals surface area contributed by atoms with Crippen LogP contribution < -0.4 is 15.0 Å². The third-order valence-corrected chi connectivity index (χ3v) is 5.40. The molecule has 0 saturated carbocycles. The molecule has 1 aliphatic rings. The summed E-state index contributed by atoms with van der Waals surface area (Å²) in [6.45, 7) is 4.14. The minimum absolute atomic E-state index is 0.0140. The molecule has 0 saturated heterocycles. The quantitative estimate of drug-likeness (QED) is 0.489. The number of alkyl halides is 3. The number of aromatic nitrogens is 2. The summed E-state index contributed by atoms with van der Waals surface area (Å²) >= 11 is 6.39. The van der Waals surface area contributed by atoms with Crippen LogP contribution in [0.15, 0.2) is 35.1 Å². The normalized spacial score (nSPS) is 14.9. The third kappa shape index (κ3) is 4.07. The first-order valence-electron chi connectivity index (χ1n) is 9.95. The van der Waals surface area contributed by atoms with Crippen molar-refractivity contribution < 1.29 is 22.6 Å². The number of hydrogen-bond acceptors (Lipinski definition) is 4. The van der Waals surface area contributed by atoms with E-state index in [1.54, 1.807) is 18.2 Å². The van der Waals surface area contributed by atoms with Crippen molar-refractivity contribution in [3.63, 3.8) is 0 Å². The molecule has 0 fully saturated rings. The Bertz CT molecular complexity index is 1300. The number of benzene rings is 2. The van der Waals surface area contributed by atoms with E-state index in [9.17, 15) is 18.0 Å². The highest BCUT2D eigenvalue weighted by Gasteiger charge is 2.31. The van der Waals surface area contributed by atoms with Crippen molar-refractivity contribution in [2.45, 2.75) is 39.1 Å². The van der Waals surface area contributed by atoms with Crippen LogP contribution in [0.2, 0.25) is 5.02 Å². The van der Waals surface area contributed by atoms with Crippen LogP contribution in [0.1, 0.15) is 37.2 Å². The Balaban J connectivity index is 1.82. The van der Waals surface area contributed by atoms with Gasteiger partial charge in [-0.3, -0.25) is 9.36 Å². The predicted octanol–water partition coefficient (Wildman–Crippen LogP) is 5.81. The Morgan fingerprint density at radius 1 is 1.22 bits per heavy atom. The molecule has 5 nitrogen and oxygen atoms in total. The summed E-state index contributed by atoms with van der Waals surface area (Å²) in [4.78, 5) is 17.2. The molecule has 0 unspecified atom stereocenters. The molecule has 3 aromatic rings. The van der Waals surface area contributed by atoms with Gasteiger partial charge in [-0.05, 0) is 67.8 Å². The van der Waals surface area contributed by atoms with Gasteiger partial charge in [-0.15, -0.1) is 0 Å². The molecule has 0 spiro atoms. The summed E-state index contributed by atoms with van der Waals surface area (Å²) in [6.07, 6.45) is -2.30. The van der Waals surface area contributed by atoms with E-state index < -0.39 is 11.7 Å². The molecule has 2 aromatic carbocycles. The van der Waals surface area contributed by atoms with Crippen LogP contribution in [-0.2, 0) is 12.7 Å². The van der Waals surface area contributed by atoms with Gasteiger partial charge in [-0.25, -0.2) is 4.98 Å². The highest BCUT2D eigenvalue weighted by molar-refractivity contribution is 6.32. The average molecular weight is 465 g/mol. The van der Waals surface area contributed by atoms with Gasteiger partial charge in [0.1, 0.15) is 5.82 Å². The molecule has 168 valence electrons. The lowest BCUT2D eigenvalue weighted by Crippen LogP contribution is -2.21. The molecule has 0 radical (unpaired) electrons. The van der Waals surface area contributed by atoms with Gasteiger partial charge in [0.2, 0.25) is 0 Å². The Morgan fingerprint density at radius 3 is 2.62 bits per heavy atom. The van der Waals surface area contributed by atoms with Gasteiger partial charge in [0.05, 0.1) is 34.7 Å². The fraction of sp³-hybridized carbons (Fsp3) is 0.304. The standard InChI is InChI=1S/C23H20ClF3N2O3/c1-12(2)32-20-17(24)9-13(10-19(20)31-3)8-14-6-7-29-21(14)28-18-11-15(23(25,26)27)4-5-16(18)22(29)30/h4-5,8-12H,6-7H2,1-3H3/b14-8+. The second-order valence-corrected chi connectivity index (χ2v) is 8.15. The van der Waals surface area contributed by atoms with E-state index >= 15 is 0 Å². The Labute approximate surface area is 187 Å². The predicted molar refractivity (Wildman–Crippen MR) is 117 cm³/mol.